The van der Waals surface area contributed by atoms with E-state index in [4.69, 9.17) is 9.97 Å². The number of pyridine rings is 1. The van der Waals surface area contributed by atoms with Gasteiger partial charge in [0.1, 0.15) is 10.4 Å². The van der Waals surface area contributed by atoms with Crippen LogP contribution in [-0.2, 0) is 9.84 Å². The van der Waals surface area contributed by atoms with E-state index in [-0.39, 0.29) is 9.79 Å². The minimum Gasteiger partial charge on any atom is -0.291 e. The van der Waals surface area contributed by atoms with Gasteiger partial charge < -0.3 is 0 Å². The average molecular weight is 423 g/mol. The van der Waals surface area contributed by atoms with Gasteiger partial charge in [0.05, 0.1) is 27.0 Å². The quantitative estimate of drug-likeness (QED) is 0.378. The Kier molecular flexibility index (Phi) is 3.70. The fraction of sp³-hybridized carbons (Fsp3) is 0.0400. The number of benzene rings is 3. The van der Waals surface area contributed by atoms with Crippen LogP contribution in [-0.4, -0.2) is 22.8 Å². The van der Waals surface area contributed by atoms with E-state index >= 15 is 0 Å². The van der Waals surface area contributed by atoms with Gasteiger partial charge in [-0.2, -0.15) is 0 Å². The first kappa shape index (κ1) is 18.0. The molecule has 6 heteroatoms. The fourth-order valence-electron chi connectivity index (χ4n) is 4.13. The van der Waals surface area contributed by atoms with Crippen LogP contribution in [0, 0.1) is 6.92 Å². The van der Waals surface area contributed by atoms with Gasteiger partial charge in [-0.25, -0.2) is 18.4 Å². The molecule has 6 aromatic rings. The lowest BCUT2D eigenvalue weighted by Crippen LogP contribution is -2.03. The number of hydrogen-bond acceptors (Lipinski definition) is 4. The molecule has 0 atom stereocenters. The largest absolute Gasteiger partial charge is 0.291 e. The fourth-order valence-corrected chi connectivity index (χ4v) is 5.69. The Morgan fingerprint density at radius 1 is 0.710 bits per heavy atom. The number of sulfone groups is 1. The summed E-state index contributed by atoms with van der Waals surface area (Å²) in [6, 6.07) is 26.1. The van der Waals surface area contributed by atoms with Gasteiger partial charge in [-0.15, -0.1) is 0 Å². The standard InChI is InChI=1S/C25H17N3O2S/c1-16-10-13-18(14-11-16)31(29,30)24-22-15-12-17-6-2-5-9-21(17)28(22)25-23(24)26-19-7-3-4-8-20(19)27-25/h2-15H,1H3. The summed E-state index contributed by atoms with van der Waals surface area (Å²) in [5.74, 6) is 0. The van der Waals surface area contributed by atoms with Crippen LogP contribution < -0.4 is 0 Å². The van der Waals surface area contributed by atoms with Gasteiger partial charge in [-0.3, -0.25) is 4.40 Å². The second kappa shape index (κ2) is 6.36. The van der Waals surface area contributed by atoms with E-state index in [0.29, 0.717) is 22.2 Å². The summed E-state index contributed by atoms with van der Waals surface area (Å²) in [7, 11) is -3.83. The molecule has 0 saturated heterocycles. The van der Waals surface area contributed by atoms with Gasteiger partial charge in [0.15, 0.2) is 5.65 Å². The highest BCUT2D eigenvalue weighted by atomic mass is 32.2. The molecule has 0 aliphatic heterocycles. The first-order valence-electron chi connectivity index (χ1n) is 9.94. The van der Waals surface area contributed by atoms with Crippen molar-refractivity contribution in [2.75, 3.05) is 0 Å². The van der Waals surface area contributed by atoms with Crippen molar-refractivity contribution in [1.29, 1.82) is 0 Å². The predicted molar refractivity (Wildman–Crippen MR) is 122 cm³/mol. The van der Waals surface area contributed by atoms with Gasteiger partial charge in [0.25, 0.3) is 0 Å². The molecule has 0 saturated carbocycles. The Bertz CT molecular complexity index is 1750. The van der Waals surface area contributed by atoms with Crippen LogP contribution in [0.25, 0.3) is 38.6 Å². The number of fused-ring (bicyclic) bond motifs is 6. The van der Waals surface area contributed by atoms with E-state index in [1.807, 2.05) is 84.1 Å². The van der Waals surface area contributed by atoms with Crippen molar-refractivity contribution in [3.05, 3.63) is 90.5 Å². The van der Waals surface area contributed by atoms with Crippen molar-refractivity contribution < 1.29 is 8.42 Å². The molecule has 3 aromatic carbocycles. The predicted octanol–water partition coefficient (Wildman–Crippen LogP) is 5.33. The maximum atomic E-state index is 13.8. The highest BCUT2D eigenvalue weighted by Gasteiger charge is 2.28. The molecule has 5 nitrogen and oxygen atoms in total. The van der Waals surface area contributed by atoms with Crippen LogP contribution in [0.2, 0.25) is 0 Å². The van der Waals surface area contributed by atoms with E-state index in [1.54, 1.807) is 12.1 Å². The van der Waals surface area contributed by atoms with Crippen molar-refractivity contribution in [2.45, 2.75) is 16.7 Å². The molecule has 0 amide bonds. The summed E-state index contributed by atoms with van der Waals surface area (Å²) in [6.07, 6.45) is 0. The smallest absolute Gasteiger partial charge is 0.210 e. The first-order chi connectivity index (χ1) is 15.0. The second-order valence-corrected chi connectivity index (χ2v) is 9.53. The van der Waals surface area contributed by atoms with E-state index in [0.717, 1.165) is 22.0 Å². The molecule has 0 bridgehead atoms. The van der Waals surface area contributed by atoms with Crippen molar-refractivity contribution in [3.63, 3.8) is 0 Å². The Morgan fingerprint density at radius 2 is 1.39 bits per heavy atom. The lowest BCUT2D eigenvalue weighted by molar-refractivity contribution is 0.597. The topological polar surface area (TPSA) is 64.3 Å². The van der Waals surface area contributed by atoms with E-state index in [1.165, 1.54) is 0 Å². The maximum Gasteiger partial charge on any atom is 0.210 e. The molecule has 0 aliphatic carbocycles. The van der Waals surface area contributed by atoms with Crippen molar-refractivity contribution in [1.82, 2.24) is 14.4 Å². The highest BCUT2D eigenvalue weighted by molar-refractivity contribution is 7.92. The third-order valence-electron chi connectivity index (χ3n) is 5.65. The molecule has 0 N–H and O–H groups in total. The minimum atomic E-state index is -3.83. The van der Waals surface area contributed by atoms with Gasteiger partial charge in [-0.05, 0) is 48.7 Å². The van der Waals surface area contributed by atoms with Gasteiger partial charge in [0.2, 0.25) is 9.84 Å². The Balaban J connectivity index is 1.85. The molecule has 0 unspecified atom stereocenters. The second-order valence-electron chi connectivity index (χ2n) is 7.64. The zero-order valence-electron chi connectivity index (χ0n) is 16.6. The Labute approximate surface area is 178 Å². The van der Waals surface area contributed by atoms with Gasteiger partial charge in [-0.1, -0.05) is 54.1 Å². The molecule has 0 aliphatic rings. The molecular weight excluding hydrogens is 406 g/mol. The molecule has 0 fully saturated rings. The summed E-state index contributed by atoms with van der Waals surface area (Å²) in [6.45, 7) is 1.93. The molecule has 0 radical (unpaired) electrons. The summed E-state index contributed by atoms with van der Waals surface area (Å²) in [5, 5.41) is 1.00. The lowest BCUT2D eigenvalue weighted by atomic mass is 10.2. The zero-order valence-corrected chi connectivity index (χ0v) is 17.5. The molecule has 150 valence electrons. The number of aromatic nitrogens is 3. The molecule has 3 aromatic heterocycles. The number of para-hydroxylation sites is 3. The maximum absolute atomic E-state index is 13.8. The van der Waals surface area contributed by atoms with E-state index < -0.39 is 9.84 Å². The zero-order chi connectivity index (χ0) is 21.2. The van der Waals surface area contributed by atoms with Crippen LogP contribution in [0.15, 0.2) is 94.7 Å². The van der Waals surface area contributed by atoms with Crippen LogP contribution in [0.1, 0.15) is 5.56 Å². The summed E-state index contributed by atoms with van der Waals surface area (Å²) in [5.41, 5.74) is 4.77. The monoisotopic (exact) mass is 423 g/mol. The Morgan fingerprint density at radius 3 is 2.16 bits per heavy atom. The summed E-state index contributed by atoms with van der Waals surface area (Å²) in [4.78, 5) is 10.0. The average Bonchev–Trinajstić information content (AvgIpc) is 3.12. The minimum absolute atomic E-state index is 0.190. The molecular formula is C25H17N3O2S. The van der Waals surface area contributed by atoms with Crippen molar-refractivity contribution in [3.8, 4) is 0 Å². The van der Waals surface area contributed by atoms with Gasteiger partial charge >= 0.3 is 0 Å². The van der Waals surface area contributed by atoms with Crippen LogP contribution >= 0.6 is 0 Å². The van der Waals surface area contributed by atoms with Crippen LogP contribution in [0.4, 0.5) is 0 Å². The number of nitrogens with zero attached hydrogens (tertiary/aromatic N) is 3. The van der Waals surface area contributed by atoms with E-state index in [2.05, 4.69) is 0 Å². The summed E-state index contributed by atoms with van der Waals surface area (Å²) < 4.78 is 29.6. The molecule has 6 rings (SSSR count). The molecule has 3 heterocycles. The van der Waals surface area contributed by atoms with E-state index in [9.17, 15) is 8.42 Å². The number of aryl methyl sites for hydroxylation is 1. The number of hydrogen-bond donors (Lipinski definition) is 0. The number of rotatable bonds is 2. The van der Waals surface area contributed by atoms with Gasteiger partial charge in [0, 0.05) is 0 Å². The summed E-state index contributed by atoms with van der Waals surface area (Å²) >= 11 is 0. The SMILES string of the molecule is Cc1ccc(S(=O)(=O)c2c3nc4ccccc4nc3n3c2ccc2ccccc23)cc1. The van der Waals surface area contributed by atoms with Crippen molar-refractivity contribution >= 4 is 48.5 Å². The third kappa shape index (κ3) is 2.58. The first-order valence-corrected chi connectivity index (χ1v) is 11.4. The van der Waals surface area contributed by atoms with Crippen LogP contribution in [0.5, 0.6) is 0 Å². The Hall–Kier alpha value is -3.77. The normalized spacial score (nSPS) is 12.3. The lowest BCUT2D eigenvalue weighted by Gasteiger charge is -2.06. The highest BCUT2D eigenvalue weighted by Crippen LogP contribution is 2.36. The molecule has 31 heavy (non-hydrogen) atoms. The van der Waals surface area contributed by atoms with Crippen molar-refractivity contribution in [2.24, 2.45) is 0 Å². The third-order valence-corrected chi connectivity index (χ3v) is 7.48. The van der Waals surface area contributed by atoms with Crippen LogP contribution in [0.3, 0.4) is 0 Å². The molecule has 0 spiro atoms.